The van der Waals surface area contributed by atoms with Gasteiger partial charge in [0, 0.05) is 13.6 Å². The summed E-state index contributed by atoms with van der Waals surface area (Å²) in [5, 5.41) is 2.03. The number of methoxy groups -OCH3 is 1. The van der Waals surface area contributed by atoms with Crippen molar-refractivity contribution in [3.05, 3.63) is 77.4 Å². The first-order valence-corrected chi connectivity index (χ1v) is 7.75. The van der Waals surface area contributed by atoms with Crippen molar-refractivity contribution in [3.8, 4) is 5.75 Å². The van der Waals surface area contributed by atoms with Crippen LogP contribution in [0.5, 0.6) is 5.75 Å². The van der Waals surface area contributed by atoms with E-state index in [1.54, 1.807) is 14.2 Å². The Labute approximate surface area is 144 Å². The van der Waals surface area contributed by atoms with Gasteiger partial charge < -0.3 is 9.64 Å². The van der Waals surface area contributed by atoms with Gasteiger partial charge in [-0.2, -0.15) is 0 Å². The summed E-state index contributed by atoms with van der Waals surface area (Å²) in [6, 6.07) is 14.4. The fraction of sp³-hybridized carbons (Fsp3) is 0.150. The Morgan fingerprint density at radius 3 is 2.48 bits per heavy atom. The summed E-state index contributed by atoms with van der Waals surface area (Å²) in [6.45, 7) is 0.288. The van der Waals surface area contributed by atoms with Crippen LogP contribution in [-0.4, -0.2) is 25.0 Å². The van der Waals surface area contributed by atoms with Gasteiger partial charge in [-0.3, -0.25) is 4.79 Å². The first-order valence-electron chi connectivity index (χ1n) is 7.75. The largest absolute Gasteiger partial charge is 0.497 e. The molecule has 3 aromatic rings. The molecule has 0 aliphatic heterocycles. The van der Waals surface area contributed by atoms with Crippen LogP contribution in [0.2, 0.25) is 0 Å². The summed E-state index contributed by atoms with van der Waals surface area (Å²) in [5.74, 6) is -1.16. The van der Waals surface area contributed by atoms with Gasteiger partial charge >= 0.3 is 0 Å². The number of nitrogens with zero attached hydrogens (tertiary/aromatic N) is 1. The molecule has 0 spiro atoms. The zero-order chi connectivity index (χ0) is 18.0. The van der Waals surface area contributed by atoms with Crippen molar-refractivity contribution in [2.45, 2.75) is 6.54 Å². The fourth-order valence-corrected chi connectivity index (χ4v) is 2.71. The van der Waals surface area contributed by atoms with Gasteiger partial charge in [-0.25, -0.2) is 8.78 Å². The highest BCUT2D eigenvalue weighted by atomic mass is 19.1. The van der Waals surface area contributed by atoms with Crippen LogP contribution in [0.1, 0.15) is 15.9 Å². The molecule has 3 rings (SSSR count). The van der Waals surface area contributed by atoms with Gasteiger partial charge in [0.2, 0.25) is 0 Å². The maximum absolute atomic E-state index is 13.8. The van der Waals surface area contributed by atoms with E-state index >= 15 is 0 Å². The third-order valence-electron chi connectivity index (χ3n) is 4.04. The summed E-state index contributed by atoms with van der Waals surface area (Å²) in [4.78, 5) is 13.7. The molecule has 0 saturated heterocycles. The van der Waals surface area contributed by atoms with E-state index in [1.165, 1.54) is 4.90 Å². The summed E-state index contributed by atoms with van der Waals surface area (Å²) in [7, 11) is 3.17. The molecule has 128 valence electrons. The minimum atomic E-state index is -0.733. The van der Waals surface area contributed by atoms with E-state index in [0.29, 0.717) is 0 Å². The second-order valence-electron chi connectivity index (χ2n) is 5.83. The molecule has 0 heterocycles. The van der Waals surface area contributed by atoms with Crippen LogP contribution >= 0.6 is 0 Å². The number of hydrogen-bond donors (Lipinski definition) is 0. The zero-order valence-electron chi connectivity index (χ0n) is 13.9. The van der Waals surface area contributed by atoms with Crippen LogP contribution in [-0.2, 0) is 6.54 Å². The summed E-state index contributed by atoms with van der Waals surface area (Å²) < 4.78 is 32.3. The maximum atomic E-state index is 13.8. The minimum absolute atomic E-state index is 0.270. The highest BCUT2D eigenvalue weighted by molar-refractivity contribution is 5.94. The van der Waals surface area contributed by atoms with E-state index < -0.39 is 17.5 Å². The lowest BCUT2D eigenvalue weighted by Crippen LogP contribution is -2.27. The molecule has 0 aromatic heterocycles. The number of carbonyl (C=O) groups is 1. The van der Waals surface area contributed by atoms with E-state index in [9.17, 15) is 13.6 Å². The highest BCUT2D eigenvalue weighted by Crippen LogP contribution is 2.22. The molecular weight excluding hydrogens is 324 g/mol. The van der Waals surface area contributed by atoms with E-state index in [-0.39, 0.29) is 12.1 Å². The predicted molar refractivity (Wildman–Crippen MR) is 92.7 cm³/mol. The van der Waals surface area contributed by atoms with Crippen molar-refractivity contribution in [1.29, 1.82) is 0 Å². The second-order valence-corrected chi connectivity index (χ2v) is 5.83. The number of ether oxygens (including phenoxy) is 1. The first kappa shape index (κ1) is 16.9. The highest BCUT2D eigenvalue weighted by Gasteiger charge is 2.17. The molecule has 1 amide bonds. The Morgan fingerprint density at radius 1 is 1.00 bits per heavy atom. The maximum Gasteiger partial charge on any atom is 0.256 e. The molecule has 0 radical (unpaired) electrons. The Balaban J connectivity index is 1.82. The molecule has 3 nitrogen and oxygen atoms in total. The van der Waals surface area contributed by atoms with Crippen LogP contribution in [0.15, 0.2) is 54.6 Å². The lowest BCUT2D eigenvalue weighted by Gasteiger charge is -2.18. The SMILES string of the molecule is COc1ccc2cc(CN(C)C(=O)c3cc(F)ccc3F)ccc2c1. The average molecular weight is 341 g/mol. The van der Waals surface area contributed by atoms with Gasteiger partial charge in [0.25, 0.3) is 5.91 Å². The number of fused-ring (bicyclic) bond motifs is 1. The smallest absolute Gasteiger partial charge is 0.256 e. The topological polar surface area (TPSA) is 29.5 Å². The van der Waals surface area contributed by atoms with Crippen molar-refractivity contribution < 1.29 is 18.3 Å². The molecular formula is C20H17F2NO2. The van der Waals surface area contributed by atoms with Crippen molar-refractivity contribution in [3.63, 3.8) is 0 Å². The molecule has 5 heteroatoms. The van der Waals surface area contributed by atoms with Crippen LogP contribution in [0.3, 0.4) is 0 Å². The Hall–Kier alpha value is -2.95. The number of benzene rings is 3. The number of halogens is 2. The molecule has 0 atom stereocenters. The molecule has 0 aliphatic carbocycles. The van der Waals surface area contributed by atoms with Crippen molar-refractivity contribution >= 4 is 16.7 Å². The van der Waals surface area contributed by atoms with E-state index in [4.69, 9.17) is 4.74 Å². The van der Waals surface area contributed by atoms with Crippen molar-refractivity contribution in [1.82, 2.24) is 4.90 Å². The van der Waals surface area contributed by atoms with Crippen LogP contribution in [0, 0.1) is 11.6 Å². The fourth-order valence-electron chi connectivity index (χ4n) is 2.71. The molecule has 0 N–H and O–H groups in total. The normalized spacial score (nSPS) is 10.7. The molecule has 0 bridgehead atoms. The zero-order valence-corrected chi connectivity index (χ0v) is 13.9. The molecule has 25 heavy (non-hydrogen) atoms. The number of amides is 1. The molecule has 0 unspecified atom stereocenters. The molecule has 0 aliphatic rings. The number of rotatable bonds is 4. The van der Waals surface area contributed by atoms with E-state index in [1.807, 2.05) is 36.4 Å². The Morgan fingerprint density at radius 2 is 1.72 bits per heavy atom. The summed E-state index contributed by atoms with van der Waals surface area (Å²) in [5.41, 5.74) is 0.623. The average Bonchev–Trinajstić information content (AvgIpc) is 2.62. The van der Waals surface area contributed by atoms with E-state index in [0.717, 1.165) is 40.3 Å². The quantitative estimate of drug-likeness (QED) is 0.704. The van der Waals surface area contributed by atoms with Crippen molar-refractivity contribution in [2.75, 3.05) is 14.2 Å². The van der Waals surface area contributed by atoms with Gasteiger partial charge in [-0.1, -0.05) is 18.2 Å². The third-order valence-corrected chi connectivity index (χ3v) is 4.04. The summed E-state index contributed by atoms with van der Waals surface area (Å²) in [6.07, 6.45) is 0. The van der Waals surface area contributed by atoms with Gasteiger partial charge in [-0.15, -0.1) is 0 Å². The molecule has 3 aromatic carbocycles. The molecule has 0 saturated carbocycles. The summed E-state index contributed by atoms with van der Waals surface area (Å²) >= 11 is 0. The molecule has 0 fully saturated rings. The lowest BCUT2D eigenvalue weighted by atomic mass is 10.1. The van der Waals surface area contributed by atoms with Gasteiger partial charge in [0.15, 0.2) is 0 Å². The van der Waals surface area contributed by atoms with Gasteiger partial charge in [0.1, 0.15) is 17.4 Å². The number of carbonyl (C=O) groups excluding carboxylic acids is 1. The van der Waals surface area contributed by atoms with E-state index in [2.05, 4.69) is 0 Å². The second kappa shape index (κ2) is 6.89. The Kier molecular flexibility index (Phi) is 4.65. The number of hydrogen-bond acceptors (Lipinski definition) is 2. The van der Waals surface area contributed by atoms with Crippen LogP contribution < -0.4 is 4.74 Å². The third kappa shape index (κ3) is 3.60. The van der Waals surface area contributed by atoms with Crippen LogP contribution in [0.25, 0.3) is 10.8 Å². The minimum Gasteiger partial charge on any atom is -0.497 e. The predicted octanol–water partition coefficient (Wildman–Crippen LogP) is 4.40. The standard InChI is InChI=1S/C20H17F2NO2/c1-23(20(24)18-11-16(21)6-8-19(18)22)12-13-3-4-15-10-17(25-2)7-5-14(15)9-13/h3-11H,12H2,1-2H3. The van der Waals surface area contributed by atoms with Crippen molar-refractivity contribution in [2.24, 2.45) is 0 Å². The monoisotopic (exact) mass is 341 g/mol. The Bertz CT molecular complexity index is 940. The van der Waals surface area contributed by atoms with Gasteiger partial charge in [-0.05, 0) is 52.7 Å². The lowest BCUT2D eigenvalue weighted by molar-refractivity contribution is 0.0780. The first-order chi connectivity index (χ1) is 12.0. The van der Waals surface area contributed by atoms with Crippen LogP contribution in [0.4, 0.5) is 8.78 Å². The van der Waals surface area contributed by atoms with Gasteiger partial charge in [0.05, 0.1) is 12.7 Å².